The summed E-state index contributed by atoms with van der Waals surface area (Å²) in [5.74, 6) is 1.63. The molecule has 2 nitrogen and oxygen atoms in total. The molecule has 3 unspecified atom stereocenters. The average Bonchev–Trinajstić information content (AvgIpc) is 3.24. The predicted octanol–water partition coefficient (Wildman–Crippen LogP) is 3.65. The second-order valence-electron chi connectivity index (χ2n) is 7.48. The molecule has 0 saturated heterocycles. The number of nitrogens with zero attached hydrogens (tertiary/aromatic N) is 1. The van der Waals surface area contributed by atoms with E-state index >= 15 is 0 Å². The molecule has 2 rings (SSSR count). The Balaban J connectivity index is 2.08. The van der Waals surface area contributed by atoms with Crippen LogP contribution in [0, 0.1) is 17.3 Å². The van der Waals surface area contributed by atoms with Gasteiger partial charge in [-0.25, -0.2) is 0 Å². The lowest BCUT2D eigenvalue weighted by atomic mass is 9.65. The largest absolute Gasteiger partial charge is 0.330 e. The highest BCUT2D eigenvalue weighted by atomic mass is 15.2. The van der Waals surface area contributed by atoms with Crippen molar-refractivity contribution in [1.29, 1.82) is 0 Å². The predicted molar refractivity (Wildman–Crippen MR) is 83.1 cm³/mol. The minimum atomic E-state index is 0.501. The van der Waals surface area contributed by atoms with Gasteiger partial charge in [-0.3, -0.25) is 4.90 Å². The Morgan fingerprint density at radius 2 is 1.79 bits per heavy atom. The molecule has 2 saturated carbocycles. The Kier molecular flexibility index (Phi) is 4.94. The number of hydrogen-bond donors (Lipinski definition) is 1. The van der Waals surface area contributed by atoms with Crippen LogP contribution in [0.5, 0.6) is 0 Å². The van der Waals surface area contributed by atoms with Gasteiger partial charge in [-0.05, 0) is 62.4 Å². The van der Waals surface area contributed by atoms with Crippen LogP contribution < -0.4 is 5.73 Å². The lowest BCUT2D eigenvalue weighted by Gasteiger charge is -2.47. The van der Waals surface area contributed by atoms with Gasteiger partial charge in [-0.1, -0.05) is 34.1 Å². The molecule has 0 aromatic heterocycles. The van der Waals surface area contributed by atoms with Gasteiger partial charge in [-0.2, -0.15) is 0 Å². The van der Waals surface area contributed by atoms with Crippen molar-refractivity contribution >= 4 is 0 Å². The van der Waals surface area contributed by atoms with Gasteiger partial charge in [0.05, 0.1) is 0 Å². The molecular weight excluding hydrogens is 232 g/mol. The summed E-state index contributed by atoms with van der Waals surface area (Å²) in [5, 5.41) is 0. The van der Waals surface area contributed by atoms with E-state index in [0.29, 0.717) is 5.41 Å². The zero-order chi connectivity index (χ0) is 14.0. The first-order valence-corrected chi connectivity index (χ1v) is 8.49. The van der Waals surface area contributed by atoms with Crippen molar-refractivity contribution in [2.24, 2.45) is 23.0 Å². The molecule has 0 aromatic rings. The van der Waals surface area contributed by atoms with E-state index in [4.69, 9.17) is 5.73 Å². The summed E-state index contributed by atoms with van der Waals surface area (Å²) in [6.45, 7) is 11.7. The summed E-state index contributed by atoms with van der Waals surface area (Å²) in [5.41, 5.74) is 6.57. The number of hydrogen-bond acceptors (Lipinski definition) is 2. The fraction of sp³-hybridized carbons (Fsp3) is 1.00. The maximum atomic E-state index is 6.07. The highest BCUT2D eigenvalue weighted by molar-refractivity contribution is 4.96. The Morgan fingerprint density at radius 1 is 1.11 bits per heavy atom. The Bertz CT molecular complexity index is 283. The quantitative estimate of drug-likeness (QED) is 0.795. The van der Waals surface area contributed by atoms with Crippen molar-refractivity contribution in [3.63, 3.8) is 0 Å². The van der Waals surface area contributed by atoms with Crippen LogP contribution in [0.25, 0.3) is 0 Å². The number of nitrogens with two attached hydrogens (primary N) is 1. The molecule has 0 bridgehead atoms. The minimum Gasteiger partial charge on any atom is -0.330 e. The van der Waals surface area contributed by atoms with E-state index in [-0.39, 0.29) is 0 Å². The first-order chi connectivity index (χ1) is 9.03. The first-order valence-electron chi connectivity index (χ1n) is 8.49. The molecule has 3 atom stereocenters. The Morgan fingerprint density at radius 3 is 2.26 bits per heavy atom. The highest BCUT2D eigenvalue weighted by Gasteiger charge is 2.42. The van der Waals surface area contributed by atoms with Gasteiger partial charge >= 0.3 is 0 Å². The van der Waals surface area contributed by atoms with Crippen LogP contribution in [0.15, 0.2) is 0 Å². The smallest absolute Gasteiger partial charge is 0.0141 e. The lowest BCUT2D eigenvalue weighted by Crippen LogP contribution is -2.49. The molecule has 0 aromatic carbocycles. The van der Waals surface area contributed by atoms with E-state index in [9.17, 15) is 0 Å². The van der Waals surface area contributed by atoms with E-state index < -0.39 is 0 Å². The van der Waals surface area contributed by atoms with Crippen molar-refractivity contribution < 1.29 is 0 Å². The molecule has 2 heteroatoms. The van der Waals surface area contributed by atoms with Gasteiger partial charge in [0.15, 0.2) is 0 Å². The summed E-state index contributed by atoms with van der Waals surface area (Å²) >= 11 is 0. The van der Waals surface area contributed by atoms with Gasteiger partial charge in [-0.15, -0.1) is 0 Å². The van der Waals surface area contributed by atoms with Crippen LogP contribution in [-0.2, 0) is 0 Å². The number of rotatable bonds is 6. The summed E-state index contributed by atoms with van der Waals surface area (Å²) in [6, 6.07) is 1.64. The van der Waals surface area contributed by atoms with Crippen molar-refractivity contribution in [2.75, 3.05) is 13.1 Å². The van der Waals surface area contributed by atoms with Crippen LogP contribution in [-0.4, -0.2) is 30.1 Å². The average molecular weight is 266 g/mol. The van der Waals surface area contributed by atoms with E-state index in [1.54, 1.807) is 0 Å². The SMILES string of the molecule is CCN(C1CC1)C1CC(C(C)(C)CC)CCC1CN. The molecule has 0 aliphatic heterocycles. The van der Waals surface area contributed by atoms with E-state index in [2.05, 4.69) is 32.6 Å². The van der Waals surface area contributed by atoms with E-state index in [0.717, 1.165) is 30.5 Å². The van der Waals surface area contributed by atoms with E-state index in [1.165, 1.54) is 45.1 Å². The summed E-state index contributed by atoms with van der Waals surface area (Å²) < 4.78 is 0. The molecule has 0 amide bonds. The fourth-order valence-corrected chi connectivity index (χ4v) is 4.06. The zero-order valence-electron chi connectivity index (χ0n) is 13.5. The molecule has 2 aliphatic carbocycles. The molecular formula is C17H34N2. The molecule has 0 heterocycles. The van der Waals surface area contributed by atoms with Crippen LogP contribution in [0.2, 0.25) is 0 Å². The van der Waals surface area contributed by atoms with Crippen LogP contribution >= 0.6 is 0 Å². The van der Waals surface area contributed by atoms with Crippen LogP contribution in [0.3, 0.4) is 0 Å². The maximum Gasteiger partial charge on any atom is 0.0141 e. The lowest BCUT2D eigenvalue weighted by molar-refractivity contribution is 0.0358. The zero-order valence-corrected chi connectivity index (χ0v) is 13.5. The second kappa shape index (κ2) is 6.13. The van der Waals surface area contributed by atoms with Crippen molar-refractivity contribution in [2.45, 2.75) is 78.3 Å². The maximum absolute atomic E-state index is 6.07. The van der Waals surface area contributed by atoms with E-state index in [1.807, 2.05) is 0 Å². The second-order valence-corrected chi connectivity index (χ2v) is 7.48. The fourth-order valence-electron chi connectivity index (χ4n) is 4.06. The summed E-state index contributed by atoms with van der Waals surface area (Å²) in [4.78, 5) is 2.79. The van der Waals surface area contributed by atoms with Gasteiger partial charge < -0.3 is 5.73 Å². The monoisotopic (exact) mass is 266 g/mol. The van der Waals surface area contributed by atoms with Crippen molar-refractivity contribution in [1.82, 2.24) is 4.90 Å². The minimum absolute atomic E-state index is 0.501. The van der Waals surface area contributed by atoms with Gasteiger partial charge in [0.1, 0.15) is 0 Å². The molecule has 2 N–H and O–H groups in total. The Labute approximate surface area is 120 Å². The van der Waals surface area contributed by atoms with Gasteiger partial charge in [0.25, 0.3) is 0 Å². The third-order valence-electron chi connectivity index (χ3n) is 6.08. The van der Waals surface area contributed by atoms with Gasteiger partial charge in [0.2, 0.25) is 0 Å². The molecule has 112 valence electrons. The summed E-state index contributed by atoms with van der Waals surface area (Å²) in [7, 11) is 0. The molecule has 19 heavy (non-hydrogen) atoms. The molecule has 0 radical (unpaired) electrons. The van der Waals surface area contributed by atoms with Gasteiger partial charge in [0, 0.05) is 12.1 Å². The topological polar surface area (TPSA) is 29.3 Å². The van der Waals surface area contributed by atoms with Crippen molar-refractivity contribution in [3.8, 4) is 0 Å². The Hall–Kier alpha value is -0.0800. The normalized spacial score (nSPS) is 32.8. The summed E-state index contributed by atoms with van der Waals surface area (Å²) in [6.07, 6.45) is 8.26. The first kappa shape index (κ1) is 15.3. The standard InChI is InChI=1S/C17H34N2/c1-5-17(3,4)14-8-7-13(12-18)16(11-14)19(6-2)15-9-10-15/h13-16H,5-12,18H2,1-4H3. The third kappa shape index (κ3) is 3.33. The third-order valence-corrected chi connectivity index (χ3v) is 6.08. The highest BCUT2D eigenvalue weighted by Crippen LogP contribution is 2.45. The molecule has 2 fully saturated rings. The van der Waals surface area contributed by atoms with Crippen LogP contribution in [0.1, 0.15) is 66.2 Å². The van der Waals surface area contributed by atoms with Crippen molar-refractivity contribution in [3.05, 3.63) is 0 Å². The molecule has 2 aliphatic rings. The molecule has 0 spiro atoms. The van der Waals surface area contributed by atoms with Crippen LogP contribution in [0.4, 0.5) is 0 Å².